The summed E-state index contributed by atoms with van der Waals surface area (Å²) in [6.07, 6.45) is 1.34. The fourth-order valence-corrected chi connectivity index (χ4v) is 3.95. The molecule has 0 radical (unpaired) electrons. The Morgan fingerprint density at radius 1 is 1.15 bits per heavy atom. The van der Waals surface area contributed by atoms with E-state index < -0.39 is 0 Å². The number of rotatable bonds is 8. The van der Waals surface area contributed by atoms with Crippen molar-refractivity contribution < 1.29 is 19.2 Å². The van der Waals surface area contributed by atoms with Crippen molar-refractivity contribution in [3.05, 3.63) is 83.9 Å². The van der Waals surface area contributed by atoms with Crippen LogP contribution in [0.15, 0.2) is 83.1 Å². The van der Waals surface area contributed by atoms with Crippen LogP contribution >= 0.6 is 11.8 Å². The molecule has 0 atom stereocenters. The summed E-state index contributed by atoms with van der Waals surface area (Å²) in [7, 11) is 1.62. The summed E-state index contributed by atoms with van der Waals surface area (Å²) >= 11 is 1.27. The second kappa shape index (κ2) is 10.7. The van der Waals surface area contributed by atoms with Gasteiger partial charge in [-0.05, 0) is 60.6 Å². The van der Waals surface area contributed by atoms with Crippen LogP contribution in [0.1, 0.15) is 11.1 Å². The zero-order valence-electron chi connectivity index (χ0n) is 18.7. The number of H-pyrrole nitrogens is 1. The van der Waals surface area contributed by atoms with Crippen LogP contribution in [-0.2, 0) is 4.79 Å². The lowest BCUT2D eigenvalue weighted by atomic mass is 10.1. The van der Waals surface area contributed by atoms with Gasteiger partial charge < -0.3 is 9.84 Å². The Kier molecular flexibility index (Phi) is 7.24. The Bertz CT molecular complexity index is 1300. The number of nitrogens with one attached hydrogen (secondary N) is 2. The summed E-state index contributed by atoms with van der Waals surface area (Å²) in [6, 6.07) is 22.2. The van der Waals surface area contributed by atoms with Crippen molar-refractivity contribution in [2.24, 2.45) is 5.10 Å². The van der Waals surface area contributed by atoms with Crippen LogP contribution in [0.5, 0.6) is 11.5 Å². The van der Waals surface area contributed by atoms with E-state index >= 15 is 0 Å². The number of hydrazone groups is 1. The van der Waals surface area contributed by atoms with Gasteiger partial charge in [-0.15, -0.1) is 5.10 Å². The molecule has 1 amide bonds. The first kappa shape index (κ1) is 23.1. The van der Waals surface area contributed by atoms with E-state index in [0.29, 0.717) is 10.7 Å². The van der Waals surface area contributed by atoms with E-state index in [0.717, 1.165) is 28.4 Å². The monoisotopic (exact) mass is 473 g/mol. The van der Waals surface area contributed by atoms with Crippen LogP contribution in [-0.4, -0.2) is 35.2 Å². The zero-order valence-corrected chi connectivity index (χ0v) is 19.5. The fourth-order valence-electron chi connectivity index (χ4n) is 3.19. The SMILES string of the molecule is COc1ccc(-[n+]2c(SCC(=O)NN=Cc3ccccc3[O-])n[nH]c2-c2ccc(C)cc2)cc1. The molecule has 0 aliphatic rings. The summed E-state index contributed by atoms with van der Waals surface area (Å²) in [5.41, 5.74) is 5.86. The summed E-state index contributed by atoms with van der Waals surface area (Å²) in [5.74, 6) is 1.15. The van der Waals surface area contributed by atoms with E-state index in [1.165, 1.54) is 24.0 Å². The van der Waals surface area contributed by atoms with Crippen LogP contribution in [0.25, 0.3) is 17.1 Å². The summed E-state index contributed by atoms with van der Waals surface area (Å²) < 4.78 is 7.23. The molecule has 8 nitrogen and oxygen atoms in total. The highest BCUT2D eigenvalue weighted by molar-refractivity contribution is 7.99. The van der Waals surface area contributed by atoms with Gasteiger partial charge in [0, 0.05) is 0 Å². The number of carbonyl (C=O) groups is 1. The Balaban J connectivity index is 1.53. The maximum absolute atomic E-state index is 12.3. The highest BCUT2D eigenvalue weighted by Gasteiger charge is 2.24. The molecule has 0 saturated heterocycles. The highest BCUT2D eigenvalue weighted by atomic mass is 32.2. The van der Waals surface area contributed by atoms with Gasteiger partial charge in [0.05, 0.1) is 29.7 Å². The number of benzene rings is 3. The number of nitrogens with zero attached hydrogens (tertiary/aromatic N) is 3. The number of hydrogen-bond acceptors (Lipinski definition) is 6. The smallest absolute Gasteiger partial charge is 0.342 e. The molecule has 0 aliphatic heterocycles. The Hall–Kier alpha value is -4.11. The first-order chi connectivity index (χ1) is 16.5. The van der Waals surface area contributed by atoms with Crippen molar-refractivity contribution in [1.29, 1.82) is 0 Å². The average molecular weight is 474 g/mol. The predicted octanol–water partition coefficient (Wildman–Crippen LogP) is 2.99. The van der Waals surface area contributed by atoms with Gasteiger partial charge in [0.25, 0.3) is 11.7 Å². The van der Waals surface area contributed by atoms with E-state index in [-0.39, 0.29) is 17.4 Å². The fraction of sp³-hybridized carbons (Fsp3) is 0.120. The molecule has 0 aliphatic carbocycles. The largest absolute Gasteiger partial charge is 0.872 e. The molecule has 9 heteroatoms. The molecule has 172 valence electrons. The van der Waals surface area contributed by atoms with E-state index in [2.05, 4.69) is 20.7 Å². The van der Waals surface area contributed by atoms with E-state index in [1.54, 1.807) is 25.3 Å². The van der Waals surface area contributed by atoms with Gasteiger partial charge >= 0.3 is 5.16 Å². The van der Waals surface area contributed by atoms with E-state index in [9.17, 15) is 9.90 Å². The van der Waals surface area contributed by atoms with Gasteiger partial charge in [0.15, 0.2) is 0 Å². The Morgan fingerprint density at radius 2 is 1.88 bits per heavy atom. The average Bonchev–Trinajstić information content (AvgIpc) is 3.28. The minimum atomic E-state index is -0.314. The zero-order chi connectivity index (χ0) is 23.9. The number of aromatic amines is 1. The predicted molar refractivity (Wildman–Crippen MR) is 129 cm³/mol. The number of hydrogen-bond donors (Lipinski definition) is 2. The summed E-state index contributed by atoms with van der Waals surface area (Å²) in [5, 5.41) is 23.8. The lowest BCUT2D eigenvalue weighted by Gasteiger charge is -2.07. The summed E-state index contributed by atoms with van der Waals surface area (Å²) in [4.78, 5) is 12.3. The van der Waals surface area contributed by atoms with Gasteiger partial charge in [-0.25, -0.2) is 5.43 Å². The molecule has 4 aromatic rings. The first-order valence-electron chi connectivity index (χ1n) is 10.5. The lowest BCUT2D eigenvalue weighted by Crippen LogP contribution is -2.34. The van der Waals surface area contributed by atoms with Crippen molar-refractivity contribution in [3.8, 4) is 28.6 Å². The van der Waals surface area contributed by atoms with E-state index in [1.807, 2.05) is 60.0 Å². The van der Waals surface area contributed by atoms with Gasteiger partial charge in [0.2, 0.25) is 0 Å². The van der Waals surface area contributed by atoms with Gasteiger partial charge in [-0.1, -0.05) is 47.7 Å². The quantitative estimate of drug-likeness (QED) is 0.177. The Labute approximate surface area is 201 Å². The standard InChI is InChI=1S/C25H23N5O3S/c1-17-7-9-18(10-8-17)24-28-29-25(30(24)20-11-13-21(33-2)14-12-20)34-16-23(32)27-26-15-19-5-3-4-6-22(19)31/h3-15H,16H2,1-2H3,(H2,26,27,31,32). The minimum Gasteiger partial charge on any atom is -0.872 e. The van der Waals surface area contributed by atoms with Gasteiger partial charge in [-0.2, -0.15) is 9.67 Å². The topological polar surface area (TPSA) is 106 Å². The molecule has 4 rings (SSSR count). The second-order valence-electron chi connectivity index (χ2n) is 7.37. The molecule has 0 bridgehead atoms. The maximum atomic E-state index is 12.3. The first-order valence-corrected chi connectivity index (χ1v) is 11.5. The molecule has 0 unspecified atom stereocenters. The van der Waals surface area contributed by atoms with Crippen molar-refractivity contribution in [2.75, 3.05) is 12.9 Å². The van der Waals surface area contributed by atoms with Crippen LogP contribution in [0.2, 0.25) is 0 Å². The van der Waals surface area contributed by atoms with Crippen molar-refractivity contribution in [2.45, 2.75) is 12.1 Å². The number of para-hydroxylation sites is 1. The van der Waals surface area contributed by atoms with E-state index in [4.69, 9.17) is 4.74 Å². The number of ether oxygens (including phenoxy) is 1. The number of amides is 1. The molecule has 0 fully saturated rings. The van der Waals surface area contributed by atoms with Crippen LogP contribution in [0, 0.1) is 6.92 Å². The molecular weight excluding hydrogens is 450 g/mol. The van der Waals surface area contributed by atoms with Crippen LogP contribution in [0.3, 0.4) is 0 Å². The van der Waals surface area contributed by atoms with Crippen LogP contribution < -0.4 is 19.8 Å². The third kappa shape index (κ3) is 5.44. The molecule has 0 spiro atoms. The molecule has 2 N–H and O–H groups in total. The van der Waals surface area contributed by atoms with Gasteiger partial charge in [-0.3, -0.25) is 4.79 Å². The normalized spacial score (nSPS) is 11.0. The molecule has 3 aromatic carbocycles. The van der Waals surface area contributed by atoms with Crippen molar-refractivity contribution in [1.82, 2.24) is 15.6 Å². The third-order valence-electron chi connectivity index (χ3n) is 4.97. The highest BCUT2D eigenvalue weighted by Crippen LogP contribution is 2.22. The molecule has 1 aromatic heterocycles. The molecule has 0 saturated carbocycles. The number of carbonyl (C=O) groups excluding carboxylic acids is 1. The number of methoxy groups -OCH3 is 1. The minimum absolute atomic E-state index is 0.0880. The molecular formula is C25H23N5O3S. The third-order valence-corrected chi connectivity index (χ3v) is 5.91. The lowest BCUT2D eigenvalue weighted by molar-refractivity contribution is -0.625. The number of aromatic nitrogens is 3. The van der Waals surface area contributed by atoms with Crippen molar-refractivity contribution >= 4 is 23.9 Å². The maximum Gasteiger partial charge on any atom is 0.342 e. The second-order valence-corrected chi connectivity index (χ2v) is 8.32. The summed E-state index contributed by atoms with van der Waals surface area (Å²) in [6.45, 7) is 2.03. The number of thioether (sulfide) groups is 1. The van der Waals surface area contributed by atoms with Gasteiger partial charge in [0.1, 0.15) is 11.4 Å². The molecule has 34 heavy (non-hydrogen) atoms. The molecule has 1 heterocycles. The Morgan fingerprint density at radius 3 is 2.59 bits per heavy atom. The van der Waals surface area contributed by atoms with Crippen LogP contribution in [0.4, 0.5) is 0 Å². The number of aryl methyl sites for hydroxylation is 1. The van der Waals surface area contributed by atoms with Crippen molar-refractivity contribution in [3.63, 3.8) is 0 Å².